The van der Waals surface area contributed by atoms with Crippen molar-refractivity contribution in [1.29, 1.82) is 0 Å². The Kier molecular flexibility index (Phi) is 6.86. The van der Waals surface area contributed by atoms with E-state index < -0.39 is 38.8 Å². The van der Waals surface area contributed by atoms with E-state index in [4.69, 9.17) is 11.6 Å². The van der Waals surface area contributed by atoms with Crippen molar-refractivity contribution in [3.05, 3.63) is 69.2 Å². The molecule has 0 atom stereocenters. The second-order valence-corrected chi connectivity index (χ2v) is 11.2. The molecule has 0 bridgehead atoms. The number of thioether (sulfide) groups is 1. The van der Waals surface area contributed by atoms with Crippen LogP contribution < -0.4 is 0 Å². The van der Waals surface area contributed by atoms with E-state index in [1.165, 1.54) is 29.1 Å². The molecule has 194 valence electrons. The second-order valence-electron chi connectivity index (χ2n) is 7.94. The minimum atomic E-state index is -4.60. The number of sulfonamides is 1. The maximum atomic E-state index is 13.5. The topological polar surface area (TPSA) is 110 Å². The molecule has 37 heavy (non-hydrogen) atoms. The molecule has 1 aliphatic rings. The number of carbonyl (C=O) groups excluding carboxylic acids is 3. The van der Waals surface area contributed by atoms with E-state index >= 15 is 0 Å². The molecule has 0 unspecified atom stereocenters. The average molecular weight is 573 g/mol. The van der Waals surface area contributed by atoms with Crippen molar-refractivity contribution in [1.82, 2.24) is 19.2 Å². The molecule has 3 aromatic rings. The summed E-state index contributed by atoms with van der Waals surface area (Å²) in [5, 5.41) is 3.96. The lowest BCUT2D eigenvalue weighted by Gasteiger charge is -2.25. The van der Waals surface area contributed by atoms with Crippen molar-refractivity contribution in [3.8, 4) is 0 Å². The lowest BCUT2D eigenvalue weighted by atomic mass is 10.1. The number of aromatic nitrogens is 2. The van der Waals surface area contributed by atoms with Crippen LogP contribution in [0.1, 0.15) is 23.6 Å². The quantitative estimate of drug-likeness (QED) is 0.414. The lowest BCUT2D eigenvalue weighted by Crippen LogP contribution is -2.50. The molecule has 4 rings (SSSR count). The number of halogens is 4. The van der Waals surface area contributed by atoms with Crippen molar-refractivity contribution in [3.63, 3.8) is 0 Å². The van der Waals surface area contributed by atoms with E-state index in [-0.39, 0.29) is 31.5 Å². The molecule has 0 N–H and O–H groups in total. The fourth-order valence-corrected chi connectivity index (χ4v) is 5.67. The molecule has 1 aliphatic heterocycles. The van der Waals surface area contributed by atoms with Gasteiger partial charge >= 0.3 is 11.4 Å². The number of rotatable bonds is 5. The number of carbonyl (C=O) groups is 3. The van der Waals surface area contributed by atoms with Crippen LogP contribution in [-0.4, -0.2) is 50.9 Å². The monoisotopic (exact) mass is 572 g/mol. The molecule has 0 spiro atoms. The summed E-state index contributed by atoms with van der Waals surface area (Å²) in [6, 6.07) is 8.23. The zero-order valence-corrected chi connectivity index (χ0v) is 21.4. The first-order valence-corrected chi connectivity index (χ1v) is 13.3. The Morgan fingerprint density at radius 2 is 1.89 bits per heavy atom. The van der Waals surface area contributed by atoms with E-state index in [2.05, 4.69) is 5.10 Å². The molecule has 0 saturated carbocycles. The number of benzene rings is 2. The first-order chi connectivity index (χ1) is 17.2. The van der Waals surface area contributed by atoms with Gasteiger partial charge in [0.05, 0.1) is 35.0 Å². The van der Waals surface area contributed by atoms with Crippen LogP contribution in [0.2, 0.25) is 5.02 Å². The SMILES string of the molecule is CC(=O)N(N1C(=O)SC(=Cc2ccc3c(cnn3Cc3ccc(Cl)cc3C(F)(F)F)c2)C1=O)S(C)(=O)=O. The van der Waals surface area contributed by atoms with Gasteiger partial charge in [-0.2, -0.15) is 23.3 Å². The van der Waals surface area contributed by atoms with Crippen LogP contribution in [0.3, 0.4) is 0 Å². The number of hydrazine groups is 1. The third-order valence-electron chi connectivity index (χ3n) is 5.20. The van der Waals surface area contributed by atoms with Crippen LogP contribution in [0.5, 0.6) is 0 Å². The summed E-state index contributed by atoms with van der Waals surface area (Å²) < 4.78 is 65.7. The first-order valence-electron chi connectivity index (χ1n) is 10.3. The van der Waals surface area contributed by atoms with E-state index in [0.717, 1.165) is 13.0 Å². The Bertz CT molecular complexity index is 1600. The number of nitrogens with zero attached hydrogens (tertiary/aromatic N) is 4. The Hall–Kier alpha value is -3.36. The molecular formula is C22H16ClF3N4O5S2. The fourth-order valence-electron chi connectivity index (χ4n) is 3.72. The highest BCUT2D eigenvalue weighted by molar-refractivity contribution is 8.18. The predicted octanol–water partition coefficient (Wildman–Crippen LogP) is 4.52. The van der Waals surface area contributed by atoms with Gasteiger partial charge < -0.3 is 0 Å². The molecule has 2 aromatic carbocycles. The summed E-state index contributed by atoms with van der Waals surface area (Å²) in [4.78, 5) is 36.8. The summed E-state index contributed by atoms with van der Waals surface area (Å²) in [5.74, 6) is -2.02. The highest BCUT2D eigenvalue weighted by atomic mass is 35.5. The van der Waals surface area contributed by atoms with Gasteiger partial charge in [-0.25, -0.2) is 8.42 Å². The zero-order chi connectivity index (χ0) is 27.3. The van der Waals surface area contributed by atoms with Crippen molar-refractivity contribution >= 4 is 67.4 Å². The molecule has 1 aromatic heterocycles. The summed E-state index contributed by atoms with van der Waals surface area (Å²) in [6.07, 6.45) is -1.14. The largest absolute Gasteiger partial charge is 0.416 e. The number of amides is 3. The van der Waals surface area contributed by atoms with E-state index in [0.29, 0.717) is 34.5 Å². The molecule has 3 amide bonds. The van der Waals surface area contributed by atoms with E-state index in [1.54, 1.807) is 18.2 Å². The van der Waals surface area contributed by atoms with Gasteiger partial charge in [0.2, 0.25) is 0 Å². The van der Waals surface area contributed by atoms with Crippen LogP contribution in [0.15, 0.2) is 47.5 Å². The molecule has 0 radical (unpaired) electrons. The normalized spacial score (nSPS) is 15.7. The number of hydrogen-bond acceptors (Lipinski definition) is 7. The summed E-state index contributed by atoms with van der Waals surface area (Å²) in [6.45, 7) is 0.724. The number of hydrogen-bond donors (Lipinski definition) is 0. The smallest absolute Gasteiger partial charge is 0.272 e. The first kappa shape index (κ1) is 26.7. The van der Waals surface area contributed by atoms with Crippen molar-refractivity contribution in [2.75, 3.05) is 6.26 Å². The summed E-state index contributed by atoms with van der Waals surface area (Å²) in [5.41, 5.74) is 0.0483. The van der Waals surface area contributed by atoms with Crippen LogP contribution >= 0.6 is 23.4 Å². The average Bonchev–Trinajstić information content (AvgIpc) is 3.28. The van der Waals surface area contributed by atoms with Crippen molar-refractivity contribution in [2.24, 2.45) is 0 Å². The molecular weight excluding hydrogens is 557 g/mol. The van der Waals surface area contributed by atoms with E-state index in [9.17, 15) is 36.0 Å². The second kappa shape index (κ2) is 9.50. The van der Waals surface area contributed by atoms with Crippen LogP contribution in [-0.2, 0) is 32.3 Å². The third kappa shape index (κ3) is 5.36. The molecule has 1 saturated heterocycles. The standard InChI is InChI=1S/C22H16ClF3N4O5S2/c1-12(31)30(37(2,34)35)29-20(32)19(36-21(29)33)8-13-3-6-18-15(7-13)10-27-28(18)11-14-4-5-16(23)9-17(14)22(24,25)26/h3-10H,11H2,1-2H3. The molecule has 15 heteroatoms. The highest BCUT2D eigenvalue weighted by Crippen LogP contribution is 2.36. The molecule has 2 heterocycles. The lowest BCUT2D eigenvalue weighted by molar-refractivity contribution is -0.142. The van der Waals surface area contributed by atoms with Gasteiger partial charge in [-0.05, 0) is 53.2 Å². The number of imide groups is 1. The van der Waals surface area contributed by atoms with Gasteiger partial charge in [-0.1, -0.05) is 23.7 Å². The van der Waals surface area contributed by atoms with E-state index in [1.807, 2.05) is 0 Å². The number of alkyl halides is 3. The highest BCUT2D eigenvalue weighted by Gasteiger charge is 2.44. The third-order valence-corrected chi connectivity index (χ3v) is 7.34. The minimum Gasteiger partial charge on any atom is -0.272 e. The van der Waals surface area contributed by atoms with Crippen molar-refractivity contribution in [2.45, 2.75) is 19.6 Å². The molecule has 0 aliphatic carbocycles. The van der Waals surface area contributed by atoms with Crippen LogP contribution in [0.25, 0.3) is 17.0 Å². The summed E-state index contributed by atoms with van der Waals surface area (Å²) >= 11 is 6.20. The van der Waals surface area contributed by atoms with Gasteiger partial charge in [-0.15, -0.1) is 4.41 Å². The fraction of sp³-hybridized carbons (Fsp3) is 0.182. The Labute approximate surface area is 217 Å². The Balaban J connectivity index is 1.64. The molecule has 1 fully saturated rings. The number of fused-ring (bicyclic) bond motifs is 1. The Morgan fingerprint density at radius 3 is 2.51 bits per heavy atom. The maximum Gasteiger partial charge on any atom is 0.416 e. The maximum absolute atomic E-state index is 13.5. The minimum absolute atomic E-state index is 0.0273. The van der Waals surface area contributed by atoms with Crippen LogP contribution in [0.4, 0.5) is 18.0 Å². The van der Waals surface area contributed by atoms with Crippen molar-refractivity contribution < 1.29 is 36.0 Å². The van der Waals surface area contributed by atoms with Gasteiger partial charge in [0.25, 0.3) is 21.8 Å². The van der Waals surface area contributed by atoms with Gasteiger partial charge in [0.1, 0.15) is 0 Å². The summed E-state index contributed by atoms with van der Waals surface area (Å²) in [7, 11) is -4.24. The predicted molar refractivity (Wildman–Crippen MR) is 130 cm³/mol. The van der Waals surface area contributed by atoms with Crippen LogP contribution in [0, 0.1) is 0 Å². The zero-order valence-electron chi connectivity index (χ0n) is 19.0. The van der Waals surface area contributed by atoms with Gasteiger partial charge in [0, 0.05) is 17.3 Å². The Morgan fingerprint density at radius 1 is 1.19 bits per heavy atom. The molecule has 9 nitrogen and oxygen atoms in total. The van der Waals surface area contributed by atoms with Gasteiger partial charge in [0.15, 0.2) is 0 Å². The van der Waals surface area contributed by atoms with Gasteiger partial charge in [-0.3, -0.25) is 19.1 Å².